The smallest absolute Gasteiger partial charge is 0.313 e. The number of amides is 2. The summed E-state index contributed by atoms with van der Waals surface area (Å²) in [5.41, 5.74) is 4.32. The first-order valence-corrected chi connectivity index (χ1v) is 11.3. The summed E-state index contributed by atoms with van der Waals surface area (Å²) in [4.78, 5) is 33.1. The fourth-order valence-electron chi connectivity index (χ4n) is 4.29. The largest absolute Gasteiger partial charge is 0.497 e. The van der Waals surface area contributed by atoms with Gasteiger partial charge in [-0.1, -0.05) is 36.4 Å². The summed E-state index contributed by atoms with van der Waals surface area (Å²) in [6.45, 7) is 0.248. The number of aromatic amines is 1. The van der Waals surface area contributed by atoms with Gasteiger partial charge < -0.3 is 20.4 Å². The Morgan fingerprint density at radius 3 is 2.54 bits per heavy atom. The molecule has 7 nitrogen and oxygen atoms in total. The number of hydrogen-bond donors (Lipinski definition) is 3. The number of carbonyl (C=O) groups is 2. The zero-order valence-corrected chi connectivity index (χ0v) is 19.1. The zero-order chi connectivity index (χ0) is 24.2. The quantitative estimate of drug-likeness (QED) is 0.320. The van der Waals surface area contributed by atoms with Crippen LogP contribution in [0.1, 0.15) is 17.0 Å². The average molecular weight is 465 g/mol. The highest BCUT2D eigenvalue weighted by molar-refractivity contribution is 6.40. The van der Waals surface area contributed by atoms with Crippen LogP contribution in [0.2, 0.25) is 0 Å². The molecule has 0 unspecified atom stereocenters. The van der Waals surface area contributed by atoms with Crippen LogP contribution >= 0.6 is 0 Å². The molecule has 3 N–H and O–H groups in total. The van der Waals surface area contributed by atoms with Crippen molar-refractivity contribution < 1.29 is 14.3 Å². The monoisotopic (exact) mass is 464 g/mol. The first-order valence-electron chi connectivity index (χ1n) is 11.3. The van der Waals surface area contributed by atoms with Gasteiger partial charge in [0.05, 0.1) is 18.3 Å². The minimum Gasteiger partial charge on any atom is -0.497 e. The minimum atomic E-state index is -0.728. The lowest BCUT2D eigenvalue weighted by Crippen LogP contribution is -2.37. The molecule has 1 atom stereocenters. The number of methoxy groups -OCH3 is 1. The second kappa shape index (κ2) is 9.69. The third kappa shape index (κ3) is 4.56. The van der Waals surface area contributed by atoms with Crippen LogP contribution in [-0.2, 0) is 9.59 Å². The van der Waals surface area contributed by atoms with Gasteiger partial charge in [0.25, 0.3) is 0 Å². The molecular formula is C28H24N4O3. The molecule has 5 aromatic rings. The van der Waals surface area contributed by atoms with E-state index in [0.29, 0.717) is 5.69 Å². The third-order valence-corrected chi connectivity index (χ3v) is 6.08. The summed E-state index contributed by atoms with van der Waals surface area (Å²) in [6.07, 6.45) is 3.64. The highest BCUT2D eigenvalue weighted by Gasteiger charge is 2.22. The maximum absolute atomic E-state index is 12.8. The molecule has 5 rings (SSSR count). The van der Waals surface area contributed by atoms with Gasteiger partial charge in [-0.25, -0.2) is 0 Å². The molecule has 0 spiro atoms. The van der Waals surface area contributed by atoms with Crippen molar-refractivity contribution in [3.05, 3.63) is 102 Å². The van der Waals surface area contributed by atoms with E-state index in [1.54, 1.807) is 31.5 Å². The molecule has 0 saturated heterocycles. The number of anilines is 1. The lowest BCUT2D eigenvalue weighted by Gasteiger charge is -2.18. The van der Waals surface area contributed by atoms with E-state index in [-0.39, 0.29) is 12.5 Å². The van der Waals surface area contributed by atoms with Crippen molar-refractivity contribution in [2.24, 2.45) is 0 Å². The van der Waals surface area contributed by atoms with Crippen molar-refractivity contribution in [1.82, 2.24) is 15.3 Å². The number of benzene rings is 3. The number of para-hydroxylation sites is 1. The average Bonchev–Trinajstić information content (AvgIpc) is 3.33. The van der Waals surface area contributed by atoms with Crippen molar-refractivity contribution in [3.8, 4) is 5.75 Å². The van der Waals surface area contributed by atoms with Crippen molar-refractivity contribution in [1.29, 1.82) is 0 Å². The molecule has 0 fully saturated rings. The van der Waals surface area contributed by atoms with Crippen LogP contribution in [0.4, 0.5) is 5.69 Å². The predicted molar refractivity (Wildman–Crippen MR) is 137 cm³/mol. The second-order valence-corrected chi connectivity index (χ2v) is 8.16. The molecule has 174 valence electrons. The molecule has 3 aromatic carbocycles. The van der Waals surface area contributed by atoms with Gasteiger partial charge in [0.15, 0.2) is 0 Å². The minimum absolute atomic E-state index is 0.171. The third-order valence-electron chi connectivity index (χ3n) is 6.08. The van der Waals surface area contributed by atoms with Gasteiger partial charge in [-0.05, 0) is 53.6 Å². The number of pyridine rings is 1. The number of nitrogens with one attached hydrogen (secondary N) is 3. The zero-order valence-electron chi connectivity index (χ0n) is 19.1. The molecule has 0 bridgehead atoms. The molecule has 0 aliphatic rings. The topological polar surface area (TPSA) is 96.1 Å². The predicted octanol–water partition coefficient (Wildman–Crippen LogP) is 4.61. The maximum atomic E-state index is 12.8. The molecule has 35 heavy (non-hydrogen) atoms. The standard InChI is InChI=1S/C28H24N4O3/c1-35-19-13-11-18(12-14-19)22(23-17-30-24-8-3-2-6-20(23)24)16-31-27(33)28(34)32-26-10-4-9-25-21(26)7-5-15-29-25/h2-15,17,22,30H,16H2,1H3,(H,31,33)(H,32,34)/t22-/m0/s1. The van der Waals surface area contributed by atoms with E-state index in [2.05, 4.69) is 20.6 Å². The van der Waals surface area contributed by atoms with E-state index < -0.39 is 11.8 Å². The van der Waals surface area contributed by atoms with E-state index in [1.807, 2.05) is 66.9 Å². The fourth-order valence-corrected chi connectivity index (χ4v) is 4.29. The Bertz CT molecular complexity index is 1500. The Labute approximate surface area is 202 Å². The number of H-pyrrole nitrogens is 1. The van der Waals surface area contributed by atoms with Crippen molar-refractivity contribution in [2.45, 2.75) is 5.92 Å². The number of aromatic nitrogens is 2. The van der Waals surface area contributed by atoms with E-state index >= 15 is 0 Å². The van der Waals surface area contributed by atoms with Gasteiger partial charge >= 0.3 is 11.8 Å². The Hall–Kier alpha value is -4.65. The van der Waals surface area contributed by atoms with Gasteiger partial charge in [0.2, 0.25) is 0 Å². The lowest BCUT2D eigenvalue weighted by molar-refractivity contribution is -0.136. The van der Waals surface area contributed by atoms with Crippen LogP contribution in [0.25, 0.3) is 21.8 Å². The highest BCUT2D eigenvalue weighted by Crippen LogP contribution is 2.31. The normalized spacial score (nSPS) is 11.8. The number of fused-ring (bicyclic) bond motifs is 2. The molecule has 2 aromatic heterocycles. The van der Waals surface area contributed by atoms with Crippen LogP contribution in [0, 0.1) is 0 Å². The molecule has 0 aliphatic carbocycles. The first kappa shape index (κ1) is 22.2. The number of carbonyl (C=O) groups excluding carboxylic acids is 2. The Balaban J connectivity index is 1.37. The van der Waals surface area contributed by atoms with Crippen LogP contribution in [0.5, 0.6) is 5.75 Å². The summed E-state index contributed by atoms with van der Waals surface area (Å²) in [6, 6.07) is 24.8. The molecule has 0 radical (unpaired) electrons. The molecule has 0 saturated carbocycles. The Kier molecular flexibility index (Phi) is 6.13. The van der Waals surface area contributed by atoms with Crippen LogP contribution < -0.4 is 15.4 Å². The van der Waals surface area contributed by atoms with Crippen LogP contribution in [0.15, 0.2) is 91.3 Å². The van der Waals surface area contributed by atoms with Crippen LogP contribution in [0.3, 0.4) is 0 Å². The number of hydrogen-bond acceptors (Lipinski definition) is 4. The van der Waals surface area contributed by atoms with Crippen molar-refractivity contribution in [2.75, 3.05) is 19.0 Å². The van der Waals surface area contributed by atoms with Gasteiger partial charge in [-0.15, -0.1) is 0 Å². The molecule has 2 amide bonds. The first-order chi connectivity index (χ1) is 17.1. The number of ether oxygens (including phenoxy) is 1. The van der Waals surface area contributed by atoms with Gasteiger partial charge in [-0.3, -0.25) is 14.6 Å². The second-order valence-electron chi connectivity index (χ2n) is 8.16. The van der Waals surface area contributed by atoms with E-state index in [9.17, 15) is 9.59 Å². The summed E-state index contributed by atoms with van der Waals surface area (Å²) < 4.78 is 5.29. The van der Waals surface area contributed by atoms with Gasteiger partial charge in [-0.2, -0.15) is 0 Å². The Morgan fingerprint density at radius 1 is 0.914 bits per heavy atom. The summed E-state index contributed by atoms with van der Waals surface area (Å²) in [5, 5.41) is 7.37. The van der Waals surface area contributed by atoms with Gasteiger partial charge in [0.1, 0.15) is 5.75 Å². The maximum Gasteiger partial charge on any atom is 0.313 e. The Morgan fingerprint density at radius 2 is 1.71 bits per heavy atom. The summed E-state index contributed by atoms with van der Waals surface area (Å²) >= 11 is 0. The summed E-state index contributed by atoms with van der Waals surface area (Å²) in [7, 11) is 1.62. The van der Waals surface area contributed by atoms with Crippen molar-refractivity contribution >= 4 is 39.3 Å². The number of rotatable bonds is 6. The SMILES string of the molecule is COc1ccc([C@H](CNC(=O)C(=O)Nc2cccc3ncccc23)c2c[nH]c3ccccc23)cc1. The number of nitrogens with zero attached hydrogens (tertiary/aromatic N) is 1. The summed E-state index contributed by atoms with van der Waals surface area (Å²) in [5.74, 6) is -0.854. The molecule has 7 heteroatoms. The highest BCUT2D eigenvalue weighted by atomic mass is 16.5. The fraction of sp³-hybridized carbons (Fsp3) is 0.107. The van der Waals surface area contributed by atoms with E-state index in [1.165, 1.54) is 0 Å². The molecular weight excluding hydrogens is 440 g/mol. The van der Waals surface area contributed by atoms with Crippen LogP contribution in [-0.4, -0.2) is 35.4 Å². The van der Waals surface area contributed by atoms with Gasteiger partial charge in [0, 0.05) is 41.1 Å². The molecule has 0 aliphatic heterocycles. The molecule has 2 heterocycles. The van der Waals surface area contributed by atoms with E-state index in [4.69, 9.17) is 4.74 Å². The van der Waals surface area contributed by atoms with Crippen molar-refractivity contribution in [3.63, 3.8) is 0 Å². The van der Waals surface area contributed by atoms with E-state index in [0.717, 1.165) is 38.7 Å². The lowest BCUT2D eigenvalue weighted by atomic mass is 9.90.